The second kappa shape index (κ2) is 7.32. The number of imidazole rings is 1. The van der Waals surface area contributed by atoms with E-state index in [-0.39, 0.29) is 18.7 Å². The summed E-state index contributed by atoms with van der Waals surface area (Å²) in [6.07, 6.45) is 0.524. The van der Waals surface area contributed by atoms with Crippen LogP contribution in [-0.4, -0.2) is 42.7 Å². The van der Waals surface area contributed by atoms with Crippen LogP contribution in [0.3, 0.4) is 0 Å². The summed E-state index contributed by atoms with van der Waals surface area (Å²) in [7, 11) is 1.63. The SMILES string of the molecule is CC1=NN(CCCO)c2nc3c(c(=O)n(Cc4ccccc4C)c(=O)n3C)n2C1. The topological polar surface area (TPSA) is 97.7 Å². The first-order chi connectivity index (χ1) is 13.9. The van der Waals surface area contributed by atoms with Crippen LogP contribution in [0.1, 0.15) is 24.5 Å². The summed E-state index contributed by atoms with van der Waals surface area (Å²) in [5.74, 6) is 0.514. The van der Waals surface area contributed by atoms with Crippen LogP contribution in [0.5, 0.6) is 0 Å². The molecular weight excluding hydrogens is 372 g/mol. The van der Waals surface area contributed by atoms with Gasteiger partial charge in [0.15, 0.2) is 11.2 Å². The Morgan fingerprint density at radius 2 is 1.93 bits per heavy atom. The molecule has 2 aromatic heterocycles. The molecule has 0 bridgehead atoms. The van der Waals surface area contributed by atoms with Gasteiger partial charge in [0.05, 0.1) is 18.8 Å². The van der Waals surface area contributed by atoms with Crippen LogP contribution in [0.25, 0.3) is 11.2 Å². The lowest BCUT2D eigenvalue weighted by molar-refractivity contribution is 0.289. The van der Waals surface area contributed by atoms with E-state index in [1.54, 1.807) is 12.1 Å². The maximum atomic E-state index is 13.4. The summed E-state index contributed by atoms with van der Waals surface area (Å²) in [6.45, 7) is 4.99. The maximum Gasteiger partial charge on any atom is 0.332 e. The Hall–Kier alpha value is -3.20. The summed E-state index contributed by atoms with van der Waals surface area (Å²) < 4.78 is 4.49. The highest BCUT2D eigenvalue weighted by molar-refractivity contribution is 5.87. The van der Waals surface area contributed by atoms with Gasteiger partial charge in [-0.3, -0.25) is 18.5 Å². The lowest BCUT2D eigenvalue weighted by Gasteiger charge is -2.24. The highest BCUT2D eigenvalue weighted by atomic mass is 16.3. The van der Waals surface area contributed by atoms with Gasteiger partial charge in [-0.2, -0.15) is 10.1 Å². The molecule has 1 N–H and O–H groups in total. The molecule has 4 rings (SSSR count). The fraction of sp³-hybridized carbons (Fsp3) is 0.400. The monoisotopic (exact) mass is 396 g/mol. The average molecular weight is 396 g/mol. The number of anilines is 1. The van der Waals surface area contributed by atoms with Gasteiger partial charge in [0.1, 0.15) is 0 Å². The molecule has 0 saturated heterocycles. The zero-order chi connectivity index (χ0) is 20.7. The molecule has 0 atom stereocenters. The number of hydrazone groups is 1. The number of aliphatic hydroxyl groups excluding tert-OH is 1. The van der Waals surface area contributed by atoms with Crippen LogP contribution in [0, 0.1) is 6.92 Å². The second-order valence-corrected chi connectivity index (χ2v) is 7.37. The third-order valence-electron chi connectivity index (χ3n) is 5.24. The number of aryl methyl sites for hydroxylation is 2. The lowest BCUT2D eigenvalue weighted by Crippen LogP contribution is -2.40. The molecule has 9 nitrogen and oxygen atoms in total. The van der Waals surface area contributed by atoms with Gasteiger partial charge < -0.3 is 5.11 Å². The predicted molar refractivity (Wildman–Crippen MR) is 112 cm³/mol. The summed E-state index contributed by atoms with van der Waals surface area (Å²) in [5.41, 5.74) is 2.74. The van der Waals surface area contributed by atoms with E-state index < -0.39 is 5.69 Å². The third kappa shape index (κ3) is 3.17. The molecule has 0 spiro atoms. The van der Waals surface area contributed by atoms with Gasteiger partial charge in [-0.05, 0) is 31.4 Å². The minimum absolute atomic E-state index is 0.0347. The standard InChI is InChI=1S/C20H24N6O3/c1-13-7-4-5-8-15(13)12-25-18(28)16-17(23(3)20(25)29)21-19-24(16)11-14(2)22-26(19)9-6-10-27/h4-5,7-8,27H,6,9-12H2,1-3H3. The highest BCUT2D eigenvalue weighted by Crippen LogP contribution is 2.23. The Balaban J connectivity index is 1.92. The van der Waals surface area contributed by atoms with Gasteiger partial charge in [0, 0.05) is 20.2 Å². The minimum atomic E-state index is -0.402. The van der Waals surface area contributed by atoms with Crippen molar-refractivity contribution < 1.29 is 5.11 Å². The molecule has 0 fully saturated rings. The van der Waals surface area contributed by atoms with Crippen molar-refractivity contribution in [2.75, 3.05) is 18.2 Å². The largest absolute Gasteiger partial charge is 0.396 e. The van der Waals surface area contributed by atoms with Gasteiger partial charge in [0.2, 0.25) is 5.95 Å². The van der Waals surface area contributed by atoms with E-state index in [0.29, 0.717) is 36.6 Å². The summed E-state index contributed by atoms with van der Waals surface area (Å²) in [5, 5.41) is 15.4. The smallest absolute Gasteiger partial charge is 0.332 e. The van der Waals surface area contributed by atoms with Gasteiger partial charge >= 0.3 is 5.69 Å². The Kier molecular flexibility index (Phi) is 4.83. The van der Waals surface area contributed by atoms with E-state index in [4.69, 9.17) is 0 Å². The molecule has 0 amide bonds. The van der Waals surface area contributed by atoms with Crippen molar-refractivity contribution in [2.45, 2.75) is 33.4 Å². The Morgan fingerprint density at radius 3 is 2.66 bits per heavy atom. The van der Waals surface area contributed by atoms with Gasteiger partial charge in [0.25, 0.3) is 5.56 Å². The van der Waals surface area contributed by atoms with E-state index in [0.717, 1.165) is 16.8 Å². The number of fused-ring (bicyclic) bond motifs is 3. The Morgan fingerprint density at radius 1 is 1.17 bits per heavy atom. The molecule has 0 unspecified atom stereocenters. The van der Waals surface area contributed by atoms with Crippen molar-refractivity contribution in [3.63, 3.8) is 0 Å². The summed E-state index contributed by atoms with van der Waals surface area (Å²) in [6, 6.07) is 7.71. The van der Waals surface area contributed by atoms with Crippen LogP contribution < -0.4 is 16.3 Å². The number of aliphatic hydroxyl groups is 1. The third-order valence-corrected chi connectivity index (χ3v) is 5.24. The zero-order valence-electron chi connectivity index (χ0n) is 16.8. The normalized spacial score (nSPS) is 13.7. The minimum Gasteiger partial charge on any atom is -0.396 e. The van der Waals surface area contributed by atoms with E-state index in [1.165, 1.54) is 9.13 Å². The molecule has 3 aromatic rings. The van der Waals surface area contributed by atoms with Crippen LogP contribution in [0.4, 0.5) is 5.95 Å². The Labute approximate surface area is 167 Å². The molecule has 0 saturated carbocycles. The number of hydrogen-bond acceptors (Lipinski definition) is 6. The summed E-state index contributed by atoms with van der Waals surface area (Å²) in [4.78, 5) is 30.9. The van der Waals surface area contributed by atoms with Crippen molar-refractivity contribution in [3.05, 3.63) is 56.2 Å². The molecular formula is C20H24N6O3. The van der Waals surface area contributed by atoms with Crippen molar-refractivity contribution in [3.8, 4) is 0 Å². The van der Waals surface area contributed by atoms with E-state index in [2.05, 4.69) is 10.1 Å². The predicted octanol–water partition coefficient (Wildman–Crippen LogP) is 0.832. The number of nitrogens with zero attached hydrogens (tertiary/aromatic N) is 6. The van der Waals surface area contributed by atoms with Crippen molar-refractivity contribution in [1.82, 2.24) is 18.7 Å². The number of aromatic nitrogens is 4. The van der Waals surface area contributed by atoms with Gasteiger partial charge in [-0.15, -0.1) is 0 Å². The van der Waals surface area contributed by atoms with Crippen LogP contribution in [0.2, 0.25) is 0 Å². The first kappa shape index (κ1) is 19.1. The quantitative estimate of drug-likeness (QED) is 0.689. The van der Waals surface area contributed by atoms with E-state index >= 15 is 0 Å². The molecule has 3 heterocycles. The van der Waals surface area contributed by atoms with Crippen LogP contribution >= 0.6 is 0 Å². The molecule has 1 aromatic carbocycles. The molecule has 0 aliphatic carbocycles. The molecule has 0 radical (unpaired) electrons. The average Bonchev–Trinajstić information content (AvgIpc) is 3.08. The molecule has 29 heavy (non-hydrogen) atoms. The van der Waals surface area contributed by atoms with Crippen LogP contribution in [-0.2, 0) is 20.1 Å². The van der Waals surface area contributed by atoms with Crippen molar-refractivity contribution >= 4 is 22.8 Å². The lowest BCUT2D eigenvalue weighted by atomic mass is 10.1. The first-order valence-corrected chi connectivity index (χ1v) is 9.59. The van der Waals surface area contributed by atoms with E-state index in [1.807, 2.05) is 42.7 Å². The molecule has 9 heteroatoms. The van der Waals surface area contributed by atoms with Gasteiger partial charge in [-0.25, -0.2) is 9.80 Å². The number of rotatable bonds is 5. The summed E-state index contributed by atoms with van der Waals surface area (Å²) >= 11 is 0. The fourth-order valence-electron chi connectivity index (χ4n) is 3.69. The highest BCUT2D eigenvalue weighted by Gasteiger charge is 2.26. The second-order valence-electron chi connectivity index (χ2n) is 7.37. The van der Waals surface area contributed by atoms with Crippen molar-refractivity contribution in [1.29, 1.82) is 0 Å². The van der Waals surface area contributed by atoms with E-state index in [9.17, 15) is 14.7 Å². The Bertz CT molecular complexity index is 1230. The zero-order valence-corrected chi connectivity index (χ0v) is 16.8. The molecule has 152 valence electrons. The van der Waals surface area contributed by atoms with Crippen molar-refractivity contribution in [2.24, 2.45) is 12.1 Å². The molecule has 1 aliphatic rings. The first-order valence-electron chi connectivity index (χ1n) is 9.59. The molecule has 1 aliphatic heterocycles. The van der Waals surface area contributed by atoms with Crippen LogP contribution in [0.15, 0.2) is 39.0 Å². The van der Waals surface area contributed by atoms with Gasteiger partial charge in [-0.1, -0.05) is 24.3 Å². The maximum absolute atomic E-state index is 13.4. The fourth-order valence-corrected chi connectivity index (χ4v) is 3.69. The number of hydrogen-bond donors (Lipinski definition) is 1. The number of benzene rings is 1.